The molecule has 1 aromatic heterocycles. The Morgan fingerprint density at radius 1 is 1.75 bits per heavy atom. The van der Waals surface area contributed by atoms with Gasteiger partial charge in [-0.3, -0.25) is 4.68 Å². The van der Waals surface area contributed by atoms with Crippen molar-refractivity contribution in [1.82, 2.24) is 15.0 Å². The van der Waals surface area contributed by atoms with Gasteiger partial charge in [0, 0.05) is 7.05 Å². The Morgan fingerprint density at radius 2 is 2.50 bits per heavy atom. The molecule has 0 amide bonds. The van der Waals surface area contributed by atoms with Gasteiger partial charge in [-0.25, -0.2) is 0 Å². The van der Waals surface area contributed by atoms with E-state index in [0.717, 1.165) is 12.1 Å². The fourth-order valence-corrected chi connectivity index (χ4v) is 0.581. The van der Waals surface area contributed by atoms with Crippen molar-refractivity contribution in [2.75, 3.05) is 0 Å². The van der Waals surface area contributed by atoms with E-state index < -0.39 is 0 Å². The predicted molar refractivity (Wildman–Crippen MR) is 29.2 cm³/mol. The lowest BCUT2D eigenvalue weighted by Gasteiger charge is -1.89. The first-order valence-electron chi connectivity index (χ1n) is 2.61. The van der Waals surface area contributed by atoms with Crippen molar-refractivity contribution in [3.63, 3.8) is 0 Å². The Morgan fingerprint density at radius 3 is 2.75 bits per heavy atom. The van der Waals surface area contributed by atoms with E-state index in [2.05, 4.69) is 23.4 Å². The summed E-state index contributed by atoms with van der Waals surface area (Å²) in [7, 11) is 1.86. The van der Waals surface area contributed by atoms with Gasteiger partial charge in [0.1, 0.15) is 6.20 Å². The summed E-state index contributed by atoms with van der Waals surface area (Å²) in [5.41, 5.74) is 1.05. The maximum Gasteiger partial charge on any atom is 0.138 e. The Labute approximate surface area is 48.3 Å². The van der Waals surface area contributed by atoms with E-state index in [1.54, 1.807) is 4.68 Å². The van der Waals surface area contributed by atoms with E-state index in [4.69, 9.17) is 0 Å². The fraction of sp³-hybridized carbons (Fsp3) is 0.600. The molecule has 0 bridgehead atoms. The number of aryl methyl sites for hydroxylation is 2. The highest BCUT2D eigenvalue weighted by molar-refractivity contribution is 4.88. The van der Waals surface area contributed by atoms with Gasteiger partial charge in [0.15, 0.2) is 0 Å². The second kappa shape index (κ2) is 1.94. The minimum atomic E-state index is 0.948. The third-order valence-electron chi connectivity index (χ3n) is 1.08. The average molecular weight is 110 g/mol. The SMILES string of the molecule is CCc1[c]nnn1C. The van der Waals surface area contributed by atoms with Crippen LogP contribution in [-0.2, 0) is 13.5 Å². The van der Waals surface area contributed by atoms with Gasteiger partial charge in [-0.1, -0.05) is 12.1 Å². The lowest BCUT2D eigenvalue weighted by molar-refractivity contribution is 0.682. The minimum absolute atomic E-state index is 0.948. The normalized spacial score (nSPS) is 9.75. The van der Waals surface area contributed by atoms with Crippen molar-refractivity contribution < 1.29 is 0 Å². The zero-order chi connectivity index (χ0) is 5.98. The zero-order valence-corrected chi connectivity index (χ0v) is 5.05. The first-order chi connectivity index (χ1) is 3.84. The highest BCUT2D eigenvalue weighted by Gasteiger charge is 1.93. The van der Waals surface area contributed by atoms with E-state index in [0.29, 0.717) is 0 Å². The van der Waals surface area contributed by atoms with Gasteiger partial charge >= 0.3 is 0 Å². The van der Waals surface area contributed by atoms with Crippen LogP contribution in [0.15, 0.2) is 0 Å². The molecule has 0 aliphatic heterocycles. The molecule has 0 aliphatic rings. The largest absolute Gasteiger partial charge is 0.252 e. The molecule has 3 heteroatoms. The van der Waals surface area contributed by atoms with Crippen LogP contribution in [0.4, 0.5) is 0 Å². The molecule has 43 valence electrons. The predicted octanol–water partition coefficient (Wildman–Crippen LogP) is 0.178. The minimum Gasteiger partial charge on any atom is -0.252 e. The molecule has 0 spiro atoms. The van der Waals surface area contributed by atoms with Crippen molar-refractivity contribution in [2.45, 2.75) is 13.3 Å². The molecule has 1 aromatic rings. The standard InChI is InChI=1S/C5H8N3/c1-3-5-4-6-7-8(5)2/h3H2,1-2H3. The molecule has 0 fully saturated rings. The van der Waals surface area contributed by atoms with Crippen molar-refractivity contribution in [3.05, 3.63) is 11.9 Å². The molecule has 8 heavy (non-hydrogen) atoms. The van der Waals surface area contributed by atoms with Crippen LogP contribution in [0, 0.1) is 6.20 Å². The van der Waals surface area contributed by atoms with Crippen LogP contribution in [0.3, 0.4) is 0 Å². The van der Waals surface area contributed by atoms with Crippen molar-refractivity contribution >= 4 is 0 Å². The smallest absolute Gasteiger partial charge is 0.138 e. The molecule has 1 radical (unpaired) electrons. The molecule has 0 saturated carbocycles. The van der Waals surface area contributed by atoms with Gasteiger partial charge < -0.3 is 0 Å². The number of aromatic nitrogens is 3. The third kappa shape index (κ3) is 0.710. The Balaban J connectivity index is 2.92. The van der Waals surface area contributed by atoms with Crippen LogP contribution >= 0.6 is 0 Å². The lowest BCUT2D eigenvalue weighted by atomic mass is 10.4. The summed E-state index contributed by atoms with van der Waals surface area (Å²) in [6.45, 7) is 2.05. The fourth-order valence-electron chi connectivity index (χ4n) is 0.581. The first kappa shape index (κ1) is 5.28. The third-order valence-corrected chi connectivity index (χ3v) is 1.08. The van der Waals surface area contributed by atoms with Crippen LogP contribution < -0.4 is 0 Å². The Bertz CT molecular complexity index is 168. The molecule has 0 aromatic carbocycles. The van der Waals surface area contributed by atoms with Gasteiger partial charge in [-0.05, 0) is 6.42 Å². The molecule has 1 heterocycles. The maximum atomic E-state index is 3.70. The van der Waals surface area contributed by atoms with E-state index in [1.807, 2.05) is 7.05 Å². The average Bonchev–Trinajstić information content (AvgIpc) is 2.14. The molecule has 0 N–H and O–H groups in total. The zero-order valence-electron chi connectivity index (χ0n) is 5.05. The van der Waals surface area contributed by atoms with Crippen LogP contribution in [0.25, 0.3) is 0 Å². The van der Waals surface area contributed by atoms with Crippen molar-refractivity contribution in [3.8, 4) is 0 Å². The maximum absolute atomic E-state index is 3.70. The molecular formula is C5H8N3. The monoisotopic (exact) mass is 110 g/mol. The van der Waals surface area contributed by atoms with Gasteiger partial charge in [0.05, 0.1) is 5.69 Å². The molecule has 0 unspecified atom stereocenters. The summed E-state index contributed by atoms with van der Waals surface area (Å²) < 4.78 is 1.72. The van der Waals surface area contributed by atoms with Crippen LogP contribution in [0.5, 0.6) is 0 Å². The summed E-state index contributed by atoms with van der Waals surface area (Å²) in [6, 6.07) is 0. The summed E-state index contributed by atoms with van der Waals surface area (Å²) in [5, 5.41) is 7.28. The van der Waals surface area contributed by atoms with Crippen LogP contribution in [0.1, 0.15) is 12.6 Å². The van der Waals surface area contributed by atoms with Crippen LogP contribution in [-0.4, -0.2) is 15.0 Å². The topological polar surface area (TPSA) is 30.7 Å². The van der Waals surface area contributed by atoms with Crippen molar-refractivity contribution in [1.29, 1.82) is 0 Å². The van der Waals surface area contributed by atoms with E-state index in [9.17, 15) is 0 Å². The summed E-state index contributed by atoms with van der Waals surface area (Å²) in [4.78, 5) is 0. The molecular weight excluding hydrogens is 102 g/mol. The summed E-state index contributed by atoms with van der Waals surface area (Å²) >= 11 is 0. The first-order valence-corrected chi connectivity index (χ1v) is 2.61. The van der Waals surface area contributed by atoms with Crippen LogP contribution in [0.2, 0.25) is 0 Å². The van der Waals surface area contributed by atoms with Crippen molar-refractivity contribution in [2.24, 2.45) is 7.05 Å². The van der Waals surface area contributed by atoms with Gasteiger partial charge in [0.2, 0.25) is 0 Å². The van der Waals surface area contributed by atoms with E-state index >= 15 is 0 Å². The molecule has 0 atom stereocenters. The lowest BCUT2D eigenvalue weighted by Crippen LogP contribution is -1.95. The number of hydrogen-bond donors (Lipinski definition) is 0. The highest BCUT2D eigenvalue weighted by atomic mass is 15.4. The van der Waals surface area contributed by atoms with E-state index in [1.165, 1.54) is 0 Å². The van der Waals surface area contributed by atoms with Gasteiger partial charge in [-0.15, -0.1) is 5.10 Å². The van der Waals surface area contributed by atoms with Gasteiger partial charge in [0.25, 0.3) is 0 Å². The van der Waals surface area contributed by atoms with Gasteiger partial charge in [-0.2, -0.15) is 0 Å². The second-order valence-corrected chi connectivity index (χ2v) is 1.63. The van der Waals surface area contributed by atoms with E-state index in [-0.39, 0.29) is 0 Å². The molecule has 3 nitrogen and oxygen atoms in total. The highest BCUT2D eigenvalue weighted by Crippen LogP contribution is 1.90. The number of hydrogen-bond acceptors (Lipinski definition) is 2. The summed E-state index contributed by atoms with van der Waals surface area (Å²) in [6.07, 6.45) is 3.70. The quantitative estimate of drug-likeness (QED) is 0.516. The number of rotatable bonds is 1. The molecule has 0 saturated heterocycles. The molecule has 0 aliphatic carbocycles. The summed E-state index contributed by atoms with van der Waals surface area (Å²) in [5.74, 6) is 0. The second-order valence-electron chi connectivity index (χ2n) is 1.63. The Hall–Kier alpha value is -0.860. The molecule has 1 rings (SSSR count). The number of nitrogens with zero attached hydrogens (tertiary/aromatic N) is 3. The Kier molecular flexibility index (Phi) is 1.28.